The lowest BCUT2D eigenvalue weighted by atomic mass is 9.89. The van der Waals surface area contributed by atoms with Crippen molar-refractivity contribution in [2.45, 2.75) is 31.3 Å². The predicted octanol–water partition coefficient (Wildman–Crippen LogP) is 4.96. The van der Waals surface area contributed by atoms with Crippen LogP contribution in [-0.4, -0.2) is 26.6 Å². The van der Waals surface area contributed by atoms with Gasteiger partial charge in [0.05, 0.1) is 16.8 Å². The lowest BCUT2D eigenvalue weighted by Crippen LogP contribution is -2.16. The van der Waals surface area contributed by atoms with E-state index in [1.54, 1.807) is 11.3 Å². The molecular weight excluding hydrogens is 448 g/mol. The van der Waals surface area contributed by atoms with E-state index in [4.69, 9.17) is 0 Å². The van der Waals surface area contributed by atoms with E-state index in [0.717, 1.165) is 40.7 Å². The molecule has 31 heavy (non-hydrogen) atoms. The highest BCUT2D eigenvalue weighted by Crippen LogP contribution is 2.36. The minimum Gasteiger partial charge on any atom is -0.301 e. The summed E-state index contributed by atoms with van der Waals surface area (Å²) < 4.78 is 0. The highest BCUT2D eigenvalue weighted by atomic mass is 32.2. The molecule has 1 amide bonds. The van der Waals surface area contributed by atoms with Crippen molar-refractivity contribution in [3.63, 3.8) is 0 Å². The molecule has 1 aromatic carbocycles. The molecule has 5 rings (SSSR count). The molecule has 0 radical (unpaired) electrons. The molecule has 3 heterocycles. The van der Waals surface area contributed by atoms with Gasteiger partial charge in [0.2, 0.25) is 5.91 Å². The number of aromatic amines is 1. The van der Waals surface area contributed by atoms with Crippen LogP contribution in [0, 0.1) is 5.92 Å². The molecule has 1 atom stereocenters. The number of hydrogen-bond acceptors (Lipinski definition) is 7. The van der Waals surface area contributed by atoms with Crippen LogP contribution < -0.4 is 10.9 Å². The number of thiophene rings is 1. The van der Waals surface area contributed by atoms with E-state index in [9.17, 15) is 9.59 Å². The van der Waals surface area contributed by atoms with Crippen LogP contribution in [0.4, 0.5) is 5.13 Å². The van der Waals surface area contributed by atoms with Crippen LogP contribution in [0.3, 0.4) is 0 Å². The Bertz CT molecular complexity index is 1310. The Morgan fingerprint density at radius 3 is 2.97 bits per heavy atom. The minimum absolute atomic E-state index is 0.104. The van der Waals surface area contributed by atoms with E-state index in [2.05, 4.69) is 27.2 Å². The Morgan fingerprint density at radius 2 is 2.13 bits per heavy atom. The summed E-state index contributed by atoms with van der Waals surface area (Å²) in [6.45, 7) is 2.25. The van der Waals surface area contributed by atoms with Gasteiger partial charge in [-0.15, -0.1) is 22.7 Å². The van der Waals surface area contributed by atoms with Crippen molar-refractivity contribution >= 4 is 55.7 Å². The van der Waals surface area contributed by atoms with E-state index in [1.165, 1.54) is 33.5 Å². The molecule has 4 aromatic rings. The molecule has 3 aromatic heterocycles. The van der Waals surface area contributed by atoms with Gasteiger partial charge in [-0.05, 0) is 30.7 Å². The zero-order chi connectivity index (χ0) is 21.4. The first kappa shape index (κ1) is 20.4. The second-order valence-corrected chi connectivity index (χ2v) is 10.5. The standard InChI is InChI=1S/C22H20N4O2S3/c1-12-7-8-14-16(9-12)31-20-18(14)19(28)25-22(26-20)30-11-17(27)24-21-23-15(10-29-21)13-5-3-2-4-6-13/h2-6,10,12H,7-9,11H2,1H3,(H,23,24,27)(H,25,26,28). The molecule has 0 saturated heterocycles. The quantitative estimate of drug-likeness (QED) is 0.319. The van der Waals surface area contributed by atoms with Crippen LogP contribution in [0.1, 0.15) is 23.8 Å². The van der Waals surface area contributed by atoms with Crippen LogP contribution in [0.2, 0.25) is 0 Å². The molecule has 1 aliphatic rings. The van der Waals surface area contributed by atoms with Gasteiger partial charge < -0.3 is 10.3 Å². The number of nitrogens with one attached hydrogen (secondary N) is 2. The number of nitrogens with zero attached hydrogens (tertiary/aromatic N) is 2. The number of rotatable bonds is 5. The summed E-state index contributed by atoms with van der Waals surface area (Å²) in [6.07, 6.45) is 3.06. The van der Waals surface area contributed by atoms with E-state index >= 15 is 0 Å². The molecule has 1 unspecified atom stereocenters. The van der Waals surface area contributed by atoms with Crippen LogP contribution in [0.15, 0.2) is 45.7 Å². The Morgan fingerprint density at radius 1 is 1.29 bits per heavy atom. The maximum atomic E-state index is 12.7. The second kappa shape index (κ2) is 8.57. The Balaban J connectivity index is 1.26. The van der Waals surface area contributed by atoms with E-state index < -0.39 is 0 Å². The van der Waals surface area contributed by atoms with Gasteiger partial charge in [-0.25, -0.2) is 9.97 Å². The third kappa shape index (κ3) is 4.30. The van der Waals surface area contributed by atoms with Gasteiger partial charge in [0.15, 0.2) is 10.3 Å². The fourth-order valence-corrected chi connectivity index (χ4v) is 6.60. The van der Waals surface area contributed by atoms with Gasteiger partial charge in [0.25, 0.3) is 5.56 Å². The van der Waals surface area contributed by atoms with Gasteiger partial charge in [-0.3, -0.25) is 9.59 Å². The number of carbonyl (C=O) groups excluding carboxylic acids is 1. The molecule has 0 saturated carbocycles. The van der Waals surface area contributed by atoms with Gasteiger partial charge in [0, 0.05) is 15.8 Å². The molecular formula is C22H20N4O2S3. The molecule has 0 bridgehead atoms. The largest absolute Gasteiger partial charge is 0.301 e. The van der Waals surface area contributed by atoms with Crippen LogP contribution in [-0.2, 0) is 17.6 Å². The number of benzene rings is 1. The molecule has 0 spiro atoms. The highest BCUT2D eigenvalue weighted by Gasteiger charge is 2.23. The zero-order valence-electron chi connectivity index (χ0n) is 16.8. The number of aryl methyl sites for hydroxylation is 1. The molecule has 6 nitrogen and oxygen atoms in total. The fraction of sp³-hybridized carbons (Fsp3) is 0.273. The predicted molar refractivity (Wildman–Crippen MR) is 128 cm³/mol. The Hall–Kier alpha value is -2.49. The van der Waals surface area contributed by atoms with Gasteiger partial charge in [-0.2, -0.15) is 0 Å². The smallest absolute Gasteiger partial charge is 0.260 e. The number of thioether (sulfide) groups is 1. The van der Waals surface area contributed by atoms with Gasteiger partial charge >= 0.3 is 0 Å². The molecule has 0 fully saturated rings. The third-order valence-corrected chi connectivity index (χ3v) is 8.08. The van der Waals surface area contributed by atoms with Crippen molar-refractivity contribution in [1.82, 2.24) is 15.0 Å². The zero-order valence-corrected chi connectivity index (χ0v) is 19.3. The number of anilines is 1. The van der Waals surface area contributed by atoms with Gasteiger partial charge in [0.1, 0.15) is 4.83 Å². The van der Waals surface area contributed by atoms with Crippen molar-refractivity contribution in [2.75, 3.05) is 11.1 Å². The van der Waals surface area contributed by atoms with Crippen LogP contribution in [0.5, 0.6) is 0 Å². The Labute approximate surface area is 191 Å². The average molecular weight is 469 g/mol. The number of thiazole rings is 1. The normalized spacial score (nSPS) is 15.7. The van der Waals surface area contributed by atoms with Crippen molar-refractivity contribution in [3.05, 3.63) is 56.5 Å². The summed E-state index contributed by atoms with van der Waals surface area (Å²) in [5.41, 5.74) is 2.91. The van der Waals surface area contributed by atoms with E-state index in [1.807, 2.05) is 35.7 Å². The summed E-state index contributed by atoms with van der Waals surface area (Å²) in [5, 5.41) is 6.52. The summed E-state index contributed by atoms with van der Waals surface area (Å²) in [4.78, 5) is 39.1. The molecule has 0 aliphatic heterocycles. The SMILES string of the molecule is CC1CCc2c(sc3nc(SCC(=O)Nc4nc(-c5ccccc5)cs4)[nH]c(=O)c23)C1. The number of fused-ring (bicyclic) bond motifs is 3. The lowest BCUT2D eigenvalue weighted by Gasteiger charge is -2.17. The van der Waals surface area contributed by atoms with Crippen LogP contribution in [0.25, 0.3) is 21.5 Å². The van der Waals surface area contributed by atoms with Crippen LogP contribution >= 0.6 is 34.4 Å². The summed E-state index contributed by atoms with van der Waals surface area (Å²) in [6, 6.07) is 9.84. The highest BCUT2D eigenvalue weighted by molar-refractivity contribution is 7.99. The van der Waals surface area contributed by atoms with Crippen molar-refractivity contribution in [3.8, 4) is 11.3 Å². The van der Waals surface area contributed by atoms with Crippen molar-refractivity contribution < 1.29 is 4.79 Å². The second-order valence-electron chi connectivity index (χ2n) is 7.64. The maximum Gasteiger partial charge on any atom is 0.260 e. The molecule has 9 heteroatoms. The van der Waals surface area contributed by atoms with Crippen molar-refractivity contribution in [2.24, 2.45) is 5.92 Å². The van der Waals surface area contributed by atoms with E-state index in [-0.39, 0.29) is 17.2 Å². The summed E-state index contributed by atoms with van der Waals surface area (Å²) in [7, 11) is 0. The maximum absolute atomic E-state index is 12.7. The first-order chi connectivity index (χ1) is 15.1. The minimum atomic E-state index is -0.180. The number of aromatic nitrogens is 3. The average Bonchev–Trinajstić information content (AvgIpc) is 3.37. The topological polar surface area (TPSA) is 87.7 Å². The molecule has 158 valence electrons. The molecule has 1 aliphatic carbocycles. The Kier molecular flexibility index (Phi) is 5.64. The van der Waals surface area contributed by atoms with E-state index in [0.29, 0.717) is 16.2 Å². The lowest BCUT2D eigenvalue weighted by molar-refractivity contribution is -0.113. The monoisotopic (exact) mass is 468 g/mol. The number of hydrogen-bond donors (Lipinski definition) is 2. The number of amides is 1. The third-order valence-electron chi connectivity index (χ3n) is 5.30. The summed E-state index contributed by atoms with van der Waals surface area (Å²) in [5.74, 6) is 0.614. The molecule has 2 N–H and O–H groups in total. The number of carbonyl (C=O) groups is 1. The first-order valence-corrected chi connectivity index (χ1v) is 12.7. The fourth-order valence-electron chi connectivity index (χ4n) is 3.76. The number of H-pyrrole nitrogens is 1. The summed E-state index contributed by atoms with van der Waals surface area (Å²) >= 11 is 4.24. The van der Waals surface area contributed by atoms with Crippen molar-refractivity contribution in [1.29, 1.82) is 0 Å². The first-order valence-electron chi connectivity index (χ1n) is 10.0. The van der Waals surface area contributed by atoms with Gasteiger partial charge in [-0.1, -0.05) is 49.0 Å².